The van der Waals surface area contributed by atoms with Crippen molar-refractivity contribution >= 4 is 11.6 Å². The van der Waals surface area contributed by atoms with Crippen LogP contribution in [0.1, 0.15) is 15.9 Å². The number of halogens is 2. The lowest BCUT2D eigenvalue weighted by molar-refractivity contribution is -0.0498. The summed E-state index contributed by atoms with van der Waals surface area (Å²) in [4.78, 5) is 12.3. The van der Waals surface area contributed by atoms with Gasteiger partial charge >= 0.3 is 6.61 Å². The average Bonchev–Trinajstić information content (AvgIpc) is 2.63. The van der Waals surface area contributed by atoms with E-state index >= 15 is 0 Å². The normalized spacial score (nSPS) is 10.5. The highest BCUT2D eigenvalue weighted by Gasteiger charge is 2.10. The van der Waals surface area contributed by atoms with Gasteiger partial charge in [0.05, 0.1) is 0 Å². The Morgan fingerprint density at radius 1 is 0.889 bits per heavy atom. The molecule has 0 atom stereocenters. The Hall–Kier alpha value is -3.41. The topological polar surface area (TPSA) is 47.6 Å². The quantitative estimate of drug-likeness (QED) is 0.612. The number of anilines is 1. The van der Waals surface area contributed by atoms with E-state index in [2.05, 4.69) is 10.1 Å². The zero-order chi connectivity index (χ0) is 19.2. The molecule has 0 spiro atoms. The summed E-state index contributed by atoms with van der Waals surface area (Å²) in [6.45, 7) is -0.961. The van der Waals surface area contributed by atoms with Crippen molar-refractivity contribution in [2.75, 3.05) is 5.32 Å². The maximum atomic E-state index is 12.3. The van der Waals surface area contributed by atoms with E-state index in [1.54, 1.807) is 24.3 Å². The summed E-state index contributed by atoms with van der Waals surface area (Å²) in [7, 11) is 0. The highest BCUT2D eigenvalue weighted by molar-refractivity contribution is 6.04. The Labute approximate surface area is 155 Å². The van der Waals surface area contributed by atoms with E-state index in [9.17, 15) is 13.6 Å². The van der Waals surface area contributed by atoms with Crippen LogP contribution in [0.4, 0.5) is 14.5 Å². The monoisotopic (exact) mass is 369 g/mol. The summed E-state index contributed by atoms with van der Waals surface area (Å²) in [6, 6.07) is 20.1. The predicted octanol–water partition coefficient (Wildman–Crippen LogP) is 5.64. The fraction of sp³-hybridized carbons (Fsp3) is 0.0952. The molecule has 3 aromatic carbocycles. The number of rotatable bonds is 6. The van der Waals surface area contributed by atoms with Gasteiger partial charge in [0.2, 0.25) is 0 Å². The number of nitrogens with one attached hydrogen (secondary N) is 1. The largest absolute Gasteiger partial charge is 0.457 e. The van der Waals surface area contributed by atoms with Crippen LogP contribution in [-0.2, 0) is 0 Å². The van der Waals surface area contributed by atoms with Gasteiger partial charge in [-0.15, -0.1) is 0 Å². The van der Waals surface area contributed by atoms with Crippen molar-refractivity contribution in [2.45, 2.75) is 13.5 Å². The zero-order valence-corrected chi connectivity index (χ0v) is 14.5. The van der Waals surface area contributed by atoms with Crippen LogP contribution in [0, 0.1) is 6.92 Å². The van der Waals surface area contributed by atoms with E-state index < -0.39 is 12.5 Å². The van der Waals surface area contributed by atoms with Crippen molar-refractivity contribution in [2.24, 2.45) is 0 Å². The number of carbonyl (C=O) groups excluding carboxylic acids is 1. The van der Waals surface area contributed by atoms with Crippen molar-refractivity contribution in [1.82, 2.24) is 0 Å². The summed E-state index contributed by atoms with van der Waals surface area (Å²) in [5.74, 6) is 0.857. The van der Waals surface area contributed by atoms with E-state index in [0.717, 1.165) is 11.3 Å². The predicted molar refractivity (Wildman–Crippen MR) is 98.7 cm³/mol. The highest BCUT2D eigenvalue weighted by atomic mass is 19.3. The SMILES string of the molecule is Cc1cccc(Oc2ccc(NC(=O)c3cccc(OC(F)F)c3)cc2)c1. The van der Waals surface area contributed by atoms with Crippen molar-refractivity contribution in [1.29, 1.82) is 0 Å². The van der Waals surface area contributed by atoms with Gasteiger partial charge in [0.15, 0.2) is 0 Å². The van der Waals surface area contributed by atoms with E-state index in [-0.39, 0.29) is 11.3 Å². The molecule has 0 aromatic heterocycles. The first-order valence-corrected chi connectivity index (χ1v) is 8.20. The van der Waals surface area contributed by atoms with Gasteiger partial charge in [0.25, 0.3) is 5.91 Å². The molecule has 0 aliphatic heterocycles. The molecule has 138 valence electrons. The lowest BCUT2D eigenvalue weighted by atomic mass is 10.2. The van der Waals surface area contributed by atoms with Gasteiger partial charge in [-0.1, -0.05) is 18.2 Å². The molecule has 0 saturated heterocycles. The van der Waals surface area contributed by atoms with Crippen LogP contribution in [0.5, 0.6) is 17.2 Å². The standard InChI is InChI=1S/C21H17F2NO3/c1-14-4-2-6-18(12-14)26-17-10-8-16(9-11-17)24-20(25)15-5-3-7-19(13-15)27-21(22)23/h2-13,21H,1H3,(H,24,25). The molecule has 0 radical (unpaired) electrons. The molecular formula is C21H17F2NO3. The molecule has 0 unspecified atom stereocenters. The average molecular weight is 369 g/mol. The Balaban J connectivity index is 1.65. The summed E-state index contributed by atoms with van der Waals surface area (Å²) in [6.07, 6.45) is 0. The van der Waals surface area contributed by atoms with Crippen LogP contribution in [0.25, 0.3) is 0 Å². The maximum absolute atomic E-state index is 12.3. The van der Waals surface area contributed by atoms with Gasteiger partial charge in [-0.25, -0.2) is 0 Å². The Morgan fingerprint density at radius 3 is 2.30 bits per heavy atom. The molecule has 27 heavy (non-hydrogen) atoms. The fourth-order valence-corrected chi connectivity index (χ4v) is 2.44. The van der Waals surface area contributed by atoms with Gasteiger partial charge in [-0.3, -0.25) is 4.79 Å². The second-order valence-electron chi connectivity index (χ2n) is 5.80. The summed E-state index contributed by atoms with van der Waals surface area (Å²) < 4.78 is 34.6. The number of alkyl halides is 2. The van der Waals surface area contributed by atoms with Crippen LogP contribution >= 0.6 is 0 Å². The highest BCUT2D eigenvalue weighted by Crippen LogP contribution is 2.24. The lowest BCUT2D eigenvalue weighted by Gasteiger charge is -2.09. The molecule has 0 aliphatic rings. The second kappa shape index (κ2) is 8.31. The van der Waals surface area contributed by atoms with Gasteiger partial charge < -0.3 is 14.8 Å². The molecule has 1 N–H and O–H groups in total. The number of ether oxygens (including phenoxy) is 2. The fourth-order valence-electron chi connectivity index (χ4n) is 2.44. The number of aryl methyl sites for hydroxylation is 1. The molecule has 0 fully saturated rings. The van der Waals surface area contributed by atoms with Gasteiger partial charge in [0, 0.05) is 11.3 Å². The number of carbonyl (C=O) groups is 1. The molecule has 0 aliphatic carbocycles. The minimum atomic E-state index is -2.94. The van der Waals surface area contributed by atoms with E-state index in [4.69, 9.17) is 4.74 Å². The first-order valence-electron chi connectivity index (χ1n) is 8.20. The Kier molecular flexibility index (Phi) is 5.66. The molecule has 1 amide bonds. The van der Waals surface area contributed by atoms with Crippen LogP contribution in [0.2, 0.25) is 0 Å². The van der Waals surface area contributed by atoms with Gasteiger partial charge in [-0.05, 0) is 67.1 Å². The summed E-state index contributed by atoms with van der Waals surface area (Å²) >= 11 is 0. The van der Waals surface area contributed by atoms with Gasteiger partial charge in [0.1, 0.15) is 17.2 Å². The minimum Gasteiger partial charge on any atom is -0.457 e. The lowest BCUT2D eigenvalue weighted by Crippen LogP contribution is -2.12. The van der Waals surface area contributed by atoms with Crippen LogP contribution < -0.4 is 14.8 Å². The molecular weight excluding hydrogens is 352 g/mol. The number of hydrogen-bond donors (Lipinski definition) is 1. The first-order chi connectivity index (χ1) is 13.0. The third-order valence-corrected chi connectivity index (χ3v) is 3.66. The Morgan fingerprint density at radius 2 is 1.59 bits per heavy atom. The Bertz CT molecular complexity index is 927. The number of amides is 1. The molecule has 4 nitrogen and oxygen atoms in total. The molecule has 0 saturated carbocycles. The van der Waals surface area contributed by atoms with Crippen LogP contribution in [-0.4, -0.2) is 12.5 Å². The van der Waals surface area contributed by atoms with Crippen molar-refractivity contribution in [3.63, 3.8) is 0 Å². The zero-order valence-electron chi connectivity index (χ0n) is 14.5. The molecule has 3 aromatic rings. The smallest absolute Gasteiger partial charge is 0.387 e. The van der Waals surface area contributed by atoms with Crippen molar-refractivity contribution < 1.29 is 23.0 Å². The van der Waals surface area contributed by atoms with E-state index in [1.807, 2.05) is 31.2 Å². The summed E-state index contributed by atoms with van der Waals surface area (Å²) in [5.41, 5.74) is 1.86. The number of benzene rings is 3. The van der Waals surface area contributed by atoms with Crippen molar-refractivity contribution in [3.05, 3.63) is 83.9 Å². The van der Waals surface area contributed by atoms with Crippen LogP contribution in [0.15, 0.2) is 72.8 Å². The maximum Gasteiger partial charge on any atom is 0.387 e. The van der Waals surface area contributed by atoms with Gasteiger partial charge in [-0.2, -0.15) is 8.78 Å². The minimum absolute atomic E-state index is 0.0699. The molecule has 6 heteroatoms. The summed E-state index contributed by atoms with van der Waals surface area (Å²) in [5, 5.41) is 2.70. The van der Waals surface area contributed by atoms with E-state index in [1.165, 1.54) is 24.3 Å². The second-order valence-corrected chi connectivity index (χ2v) is 5.80. The van der Waals surface area contributed by atoms with Crippen LogP contribution in [0.3, 0.4) is 0 Å². The molecule has 0 heterocycles. The number of hydrogen-bond acceptors (Lipinski definition) is 3. The third kappa shape index (κ3) is 5.28. The van der Waals surface area contributed by atoms with E-state index in [0.29, 0.717) is 11.4 Å². The third-order valence-electron chi connectivity index (χ3n) is 3.66. The first kappa shape index (κ1) is 18.4. The van der Waals surface area contributed by atoms with Crippen molar-refractivity contribution in [3.8, 4) is 17.2 Å². The molecule has 0 bridgehead atoms. The molecule has 3 rings (SSSR count).